The number of phenolic OH excluding ortho intramolecular Hbond substituents is 1. The summed E-state index contributed by atoms with van der Waals surface area (Å²) in [6.45, 7) is 14.6. The summed E-state index contributed by atoms with van der Waals surface area (Å²) in [7, 11) is 0. The van der Waals surface area contributed by atoms with Gasteiger partial charge < -0.3 is 9.84 Å². The molecule has 3 aromatic rings. The van der Waals surface area contributed by atoms with Gasteiger partial charge in [0.05, 0.1) is 6.61 Å². The van der Waals surface area contributed by atoms with Crippen molar-refractivity contribution in [2.75, 3.05) is 13.2 Å². The molecule has 0 fully saturated rings. The highest BCUT2D eigenvalue weighted by Gasteiger charge is 2.24. The zero-order chi connectivity index (χ0) is 23.3. The first kappa shape index (κ1) is 24.2. The fourth-order valence-electron chi connectivity index (χ4n) is 4.21. The molecule has 0 saturated carbocycles. The number of aromatic nitrogens is 3. The molecule has 2 aromatic carbocycles. The van der Waals surface area contributed by atoms with Crippen LogP contribution in [0.3, 0.4) is 0 Å². The predicted octanol–water partition coefficient (Wildman–Crippen LogP) is 6.96. The van der Waals surface area contributed by atoms with E-state index in [0.29, 0.717) is 18.3 Å². The average molecular weight is 438 g/mol. The molecule has 1 heterocycles. The van der Waals surface area contributed by atoms with Crippen LogP contribution in [0.2, 0.25) is 0 Å². The summed E-state index contributed by atoms with van der Waals surface area (Å²) in [5.41, 5.74) is 5.16. The number of nitrogens with one attached hydrogen (secondary N) is 1. The zero-order valence-electron chi connectivity index (χ0n) is 20.5. The molecule has 0 aliphatic rings. The third-order valence-corrected chi connectivity index (χ3v) is 6.41. The van der Waals surface area contributed by atoms with Crippen LogP contribution in [0.25, 0.3) is 22.2 Å². The number of rotatable bonds is 10. The fraction of sp³-hybridized carbons (Fsp3) is 0.556. The molecule has 0 bridgehead atoms. The molecule has 2 atom stereocenters. The first-order chi connectivity index (χ1) is 15.3. The maximum atomic E-state index is 11.3. The second-order valence-corrected chi connectivity index (χ2v) is 10.1. The summed E-state index contributed by atoms with van der Waals surface area (Å²) in [4.78, 5) is 0. The van der Waals surface area contributed by atoms with E-state index in [0.717, 1.165) is 40.8 Å². The second-order valence-electron chi connectivity index (χ2n) is 10.1. The molecule has 5 nitrogen and oxygen atoms in total. The van der Waals surface area contributed by atoms with Crippen LogP contribution in [-0.2, 0) is 10.2 Å². The van der Waals surface area contributed by atoms with E-state index in [2.05, 4.69) is 69.1 Å². The average Bonchev–Trinajstić information content (AvgIpc) is 3.24. The van der Waals surface area contributed by atoms with Gasteiger partial charge in [-0.05, 0) is 35.4 Å². The first-order valence-corrected chi connectivity index (χ1v) is 12.0. The summed E-state index contributed by atoms with van der Waals surface area (Å²) < 4.78 is 6.17. The first-order valence-electron chi connectivity index (χ1n) is 12.0. The van der Waals surface area contributed by atoms with Gasteiger partial charge in [-0.1, -0.05) is 79.0 Å². The van der Waals surface area contributed by atoms with Crippen molar-refractivity contribution in [3.8, 4) is 16.9 Å². The summed E-state index contributed by atoms with van der Waals surface area (Å²) in [6.07, 6.45) is 4.90. The van der Waals surface area contributed by atoms with Crippen LogP contribution >= 0.6 is 0 Å². The molecule has 2 unspecified atom stereocenters. The van der Waals surface area contributed by atoms with Crippen LogP contribution in [0.4, 0.5) is 0 Å². The van der Waals surface area contributed by atoms with Crippen LogP contribution in [0, 0.1) is 5.92 Å². The number of ether oxygens (including phenoxy) is 1. The van der Waals surface area contributed by atoms with E-state index in [9.17, 15) is 5.11 Å². The molecule has 0 radical (unpaired) electrons. The van der Waals surface area contributed by atoms with Gasteiger partial charge in [-0.15, -0.1) is 0 Å². The van der Waals surface area contributed by atoms with E-state index < -0.39 is 0 Å². The number of hydrogen-bond acceptors (Lipinski definition) is 4. The lowest BCUT2D eigenvalue weighted by Crippen LogP contribution is -2.15. The minimum atomic E-state index is -0.194. The third kappa shape index (κ3) is 5.50. The van der Waals surface area contributed by atoms with Crippen molar-refractivity contribution >= 4 is 11.0 Å². The van der Waals surface area contributed by atoms with E-state index >= 15 is 0 Å². The minimum Gasteiger partial charge on any atom is -0.507 e. The molecule has 0 spiro atoms. The van der Waals surface area contributed by atoms with Gasteiger partial charge in [0.25, 0.3) is 0 Å². The topological polar surface area (TPSA) is 71.0 Å². The van der Waals surface area contributed by atoms with Crippen molar-refractivity contribution in [2.45, 2.75) is 78.6 Å². The van der Waals surface area contributed by atoms with Gasteiger partial charge >= 0.3 is 0 Å². The molecule has 174 valence electrons. The number of aromatic amines is 1. The summed E-state index contributed by atoms with van der Waals surface area (Å²) >= 11 is 0. The van der Waals surface area contributed by atoms with E-state index in [1.807, 2.05) is 18.2 Å². The van der Waals surface area contributed by atoms with Crippen molar-refractivity contribution in [1.29, 1.82) is 0 Å². The summed E-state index contributed by atoms with van der Waals surface area (Å²) in [5, 5.41) is 22.5. The Kier molecular flexibility index (Phi) is 7.94. The number of hydrogen-bond donors (Lipinski definition) is 2. The Morgan fingerprint density at radius 1 is 1.06 bits per heavy atom. The molecule has 5 heteroatoms. The molecule has 2 N–H and O–H groups in total. The molecule has 0 aliphatic carbocycles. The number of H-pyrrole nitrogens is 1. The number of aromatic hydroxyl groups is 1. The highest BCUT2D eigenvalue weighted by atomic mass is 16.5. The molecular formula is C27H39N3O2. The molecule has 3 rings (SSSR count). The van der Waals surface area contributed by atoms with E-state index in [-0.39, 0.29) is 11.3 Å². The van der Waals surface area contributed by atoms with Crippen molar-refractivity contribution in [2.24, 2.45) is 5.92 Å². The van der Waals surface area contributed by atoms with Crippen LogP contribution in [0.5, 0.6) is 5.75 Å². The van der Waals surface area contributed by atoms with E-state index in [1.165, 1.54) is 24.8 Å². The van der Waals surface area contributed by atoms with Crippen LogP contribution in [-0.4, -0.2) is 33.7 Å². The van der Waals surface area contributed by atoms with Gasteiger partial charge in [-0.2, -0.15) is 15.4 Å². The lowest BCUT2D eigenvalue weighted by molar-refractivity contribution is 0.0856. The Bertz CT molecular complexity index is 1020. The van der Waals surface area contributed by atoms with Crippen molar-refractivity contribution < 1.29 is 9.84 Å². The minimum absolute atomic E-state index is 0.194. The molecule has 0 aliphatic heterocycles. The lowest BCUT2D eigenvalue weighted by atomic mass is 9.81. The Morgan fingerprint density at radius 3 is 2.53 bits per heavy atom. The standard InChI is InChI=1S/C27H39N3O2/c1-7-9-11-19(8-2)17-32-16-18(3)20-14-22(26(31)23(15-20)27(4,5)6)21-12-10-13-24-25(21)29-30-28-24/h10,12-15,18-19,31H,7-9,11,16-17H2,1-6H3,(H,28,29,30). The Morgan fingerprint density at radius 2 is 1.84 bits per heavy atom. The van der Waals surface area contributed by atoms with E-state index in [1.54, 1.807) is 0 Å². The smallest absolute Gasteiger partial charge is 0.127 e. The van der Waals surface area contributed by atoms with Gasteiger partial charge in [0.1, 0.15) is 16.8 Å². The van der Waals surface area contributed by atoms with Crippen LogP contribution < -0.4 is 0 Å². The molecule has 1 aromatic heterocycles. The summed E-state index contributed by atoms with van der Waals surface area (Å²) in [5.74, 6) is 1.17. The maximum Gasteiger partial charge on any atom is 0.127 e. The Hall–Kier alpha value is -2.40. The quantitative estimate of drug-likeness (QED) is 0.359. The third-order valence-electron chi connectivity index (χ3n) is 6.41. The lowest BCUT2D eigenvalue weighted by Gasteiger charge is -2.25. The fourth-order valence-corrected chi connectivity index (χ4v) is 4.21. The number of fused-ring (bicyclic) bond motifs is 1. The Labute approximate surface area is 192 Å². The second kappa shape index (κ2) is 10.5. The zero-order valence-corrected chi connectivity index (χ0v) is 20.5. The van der Waals surface area contributed by atoms with Gasteiger partial charge in [0.2, 0.25) is 0 Å². The largest absolute Gasteiger partial charge is 0.507 e. The molecule has 0 saturated heterocycles. The molecule has 32 heavy (non-hydrogen) atoms. The van der Waals surface area contributed by atoms with E-state index in [4.69, 9.17) is 4.74 Å². The SMILES string of the molecule is CCCCC(CC)COCC(C)c1cc(-c2cccc3n[nH]nc23)c(O)c(C(C)(C)C)c1. The maximum absolute atomic E-state index is 11.3. The van der Waals surface area contributed by atoms with Gasteiger partial charge in [-0.3, -0.25) is 0 Å². The van der Waals surface area contributed by atoms with Crippen LogP contribution in [0.15, 0.2) is 30.3 Å². The normalized spacial score (nSPS) is 14.1. The number of unbranched alkanes of at least 4 members (excludes halogenated alkanes) is 1. The van der Waals surface area contributed by atoms with Crippen molar-refractivity contribution in [1.82, 2.24) is 15.4 Å². The predicted molar refractivity (Wildman–Crippen MR) is 132 cm³/mol. The highest BCUT2D eigenvalue weighted by molar-refractivity contribution is 5.93. The number of phenols is 1. The van der Waals surface area contributed by atoms with Crippen LogP contribution in [0.1, 0.15) is 84.3 Å². The van der Waals surface area contributed by atoms with Gasteiger partial charge in [0.15, 0.2) is 0 Å². The highest BCUT2D eigenvalue weighted by Crippen LogP contribution is 2.42. The number of para-hydroxylation sites is 1. The molecular weight excluding hydrogens is 398 g/mol. The summed E-state index contributed by atoms with van der Waals surface area (Å²) in [6, 6.07) is 10.1. The number of benzene rings is 2. The van der Waals surface area contributed by atoms with Gasteiger partial charge in [0, 0.05) is 29.2 Å². The van der Waals surface area contributed by atoms with Gasteiger partial charge in [-0.25, -0.2) is 0 Å². The van der Waals surface area contributed by atoms with Crippen molar-refractivity contribution in [3.05, 3.63) is 41.5 Å². The Balaban J connectivity index is 1.91. The monoisotopic (exact) mass is 437 g/mol. The van der Waals surface area contributed by atoms with Crippen molar-refractivity contribution in [3.63, 3.8) is 0 Å². The molecule has 0 amide bonds. The number of nitrogens with zero attached hydrogens (tertiary/aromatic N) is 2.